The predicted octanol–water partition coefficient (Wildman–Crippen LogP) is 5.34. The van der Waals surface area contributed by atoms with Crippen molar-refractivity contribution < 1.29 is 19.0 Å². The molecule has 3 aromatic rings. The van der Waals surface area contributed by atoms with E-state index in [0.29, 0.717) is 32.9 Å². The van der Waals surface area contributed by atoms with Crippen LogP contribution < -0.4 is 20.1 Å². The molecular weight excluding hydrogens is 420 g/mol. The van der Waals surface area contributed by atoms with Crippen LogP contribution in [0.1, 0.15) is 15.2 Å². The molecule has 6 nitrogen and oxygen atoms in total. The second-order valence-electron chi connectivity index (χ2n) is 6.24. The van der Waals surface area contributed by atoms with Crippen molar-refractivity contribution >= 4 is 45.3 Å². The Bertz CT molecular complexity index is 1060. The molecule has 0 spiro atoms. The lowest BCUT2D eigenvalue weighted by Gasteiger charge is -2.14. The molecule has 0 saturated heterocycles. The highest BCUT2D eigenvalue weighted by Crippen LogP contribution is 2.40. The molecule has 0 aliphatic rings. The molecule has 0 amide bonds. The summed E-state index contributed by atoms with van der Waals surface area (Å²) in [6.07, 6.45) is 0. The molecule has 2 N–H and O–H groups in total. The molecule has 0 unspecified atom stereocenters. The number of anilines is 2. The first-order valence-electron chi connectivity index (χ1n) is 9.05. The second-order valence-corrected chi connectivity index (χ2v) is 7.87. The van der Waals surface area contributed by atoms with E-state index in [1.165, 1.54) is 18.4 Å². The van der Waals surface area contributed by atoms with E-state index in [-0.39, 0.29) is 0 Å². The predicted molar refractivity (Wildman–Crippen MR) is 125 cm³/mol. The fraction of sp³-hybridized carbons (Fsp3) is 0.182. The van der Waals surface area contributed by atoms with Gasteiger partial charge in [0.05, 0.1) is 27.0 Å². The van der Waals surface area contributed by atoms with Gasteiger partial charge in [0.1, 0.15) is 22.1 Å². The average Bonchev–Trinajstić information content (AvgIpc) is 3.09. The van der Waals surface area contributed by atoms with Gasteiger partial charge in [-0.05, 0) is 36.8 Å². The molecule has 30 heavy (non-hydrogen) atoms. The van der Waals surface area contributed by atoms with Crippen molar-refractivity contribution in [2.24, 2.45) is 0 Å². The summed E-state index contributed by atoms with van der Waals surface area (Å²) in [5.41, 5.74) is 2.90. The van der Waals surface area contributed by atoms with E-state index in [9.17, 15) is 4.79 Å². The summed E-state index contributed by atoms with van der Waals surface area (Å²) >= 11 is 6.93. The van der Waals surface area contributed by atoms with E-state index in [0.717, 1.165) is 16.0 Å². The summed E-state index contributed by atoms with van der Waals surface area (Å²) in [4.78, 5) is 13.6. The second kappa shape index (κ2) is 9.60. The summed E-state index contributed by atoms with van der Waals surface area (Å²) in [7, 11) is 4.53. The Hall–Kier alpha value is -3.10. The van der Waals surface area contributed by atoms with Crippen LogP contribution in [0.4, 0.5) is 10.7 Å². The van der Waals surface area contributed by atoms with Crippen molar-refractivity contribution in [1.82, 2.24) is 0 Å². The molecule has 0 atom stereocenters. The number of thiocarbonyl (C=S) groups is 1. The molecule has 0 saturated carbocycles. The minimum atomic E-state index is -0.425. The molecule has 0 aliphatic carbocycles. The Morgan fingerprint density at radius 3 is 2.37 bits per heavy atom. The number of esters is 1. The maximum atomic E-state index is 12.6. The Kier molecular flexibility index (Phi) is 6.91. The number of hydrogen-bond acceptors (Lipinski definition) is 6. The summed E-state index contributed by atoms with van der Waals surface area (Å²) < 4.78 is 15.7. The van der Waals surface area contributed by atoms with Crippen molar-refractivity contribution in [2.75, 3.05) is 32.0 Å². The van der Waals surface area contributed by atoms with Crippen molar-refractivity contribution in [3.63, 3.8) is 0 Å². The van der Waals surface area contributed by atoms with Gasteiger partial charge in [-0.25, -0.2) is 4.79 Å². The lowest BCUT2D eigenvalue weighted by atomic mass is 10.0. The van der Waals surface area contributed by atoms with Crippen molar-refractivity contribution in [3.05, 3.63) is 59.0 Å². The zero-order valence-corrected chi connectivity index (χ0v) is 18.7. The molecule has 0 fully saturated rings. The summed E-state index contributed by atoms with van der Waals surface area (Å²) in [6, 6.07) is 15.1. The van der Waals surface area contributed by atoms with E-state index in [2.05, 4.69) is 10.6 Å². The summed E-state index contributed by atoms with van der Waals surface area (Å²) in [6.45, 7) is 1.97. The van der Waals surface area contributed by atoms with Gasteiger partial charge < -0.3 is 24.8 Å². The van der Waals surface area contributed by atoms with Crippen LogP contribution >= 0.6 is 23.6 Å². The number of aryl methyl sites for hydroxylation is 1. The highest BCUT2D eigenvalue weighted by Gasteiger charge is 2.24. The van der Waals surface area contributed by atoms with Gasteiger partial charge in [0, 0.05) is 16.5 Å². The van der Waals surface area contributed by atoms with Crippen LogP contribution in [0.2, 0.25) is 0 Å². The maximum absolute atomic E-state index is 12.6. The third kappa shape index (κ3) is 4.55. The van der Waals surface area contributed by atoms with E-state index >= 15 is 0 Å². The molecule has 3 rings (SSSR count). The first kappa shape index (κ1) is 21.6. The molecule has 156 valence electrons. The van der Waals surface area contributed by atoms with Gasteiger partial charge in [0.2, 0.25) is 0 Å². The van der Waals surface area contributed by atoms with Gasteiger partial charge in [-0.2, -0.15) is 0 Å². The van der Waals surface area contributed by atoms with Gasteiger partial charge in [-0.1, -0.05) is 30.3 Å². The fourth-order valence-corrected chi connectivity index (χ4v) is 4.39. The monoisotopic (exact) mass is 442 g/mol. The van der Waals surface area contributed by atoms with Gasteiger partial charge >= 0.3 is 5.97 Å². The van der Waals surface area contributed by atoms with Gasteiger partial charge in [-0.15, -0.1) is 11.3 Å². The average molecular weight is 443 g/mol. The van der Waals surface area contributed by atoms with Gasteiger partial charge in [0.25, 0.3) is 0 Å². The standard InChI is InChI=1S/C22H22N2O4S2/c1-13-18(14-8-6-5-7-9-14)19(21(25)28-4)20(30-13)24-22(29)23-16-11-10-15(26-2)12-17(16)27-3/h5-12H,1-4H3,(H2,23,24,29). The summed E-state index contributed by atoms with van der Waals surface area (Å²) in [5.74, 6) is 0.829. The fourth-order valence-electron chi connectivity index (χ4n) is 3.04. The number of methoxy groups -OCH3 is 3. The first-order chi connectivity index (χ1) is 14.5. The zero-order chi connectivity index (χ0) is 21.7. The van der Waals surface area contributed by atoms with E-state index in [4.69, 9.17) is 26.4 Å². The maximum Gasteiger partial charge on any atom is 0.341 e. The van der Waals surface area contributed by atoms with Gasteiger partial charge in [0.15, 0.2) is 5.11 Å². The van der Waals surface area contributed by atoms with Crippen LogP contribution in [0, 0.1) is 6.92 Å². The Morgan fingerprint density at radius 1 is 1.00 bits per heavy atom. The zero-order valence-electron chi connectivity index (χ0n) is 17.1. The normalized spacial score (nSPS) is 10.3. The van der Waals surface area contributed by atoms with E-state index in [1.54, 1.807) is 26.4 Å². The smallest absolute Gasteiger partial charge is 0.341 e. The number of benzene rings is 2. The summed E-state index contributed by atoms with van der Waals surface area (Å²) in [5, 5.41) is 7.18. The molecule has 0 bridgehead atoms. The molecule has 1 aromatic heterocycles. The number of hydrogen-bond donors (Lipinski definition) is 2. The quantitative estimate of drug-likeness (QED) is 0.395. The van der Waals surface area contributed by atoms with Crippen LogP contribution in [-0.4, -0.2) is 32.4 Å². The molecule has 2 aromatic carbocycles. The van der Waals surface area contributed by atoms with Crippen LogP contribution in [0.5, 0.6) is 11.5 Å². The molecule has 1 heterocycles. The number of ether oxygens (including phenoxy) is 3. The highest BCUT2D eigenvalue weighted by molar-refractivity contribution is 7.80. The van der Waals surface area contributed by atoms with E-state index in [1.807, 2.05) is 43.3 Å². The molecular formula is C22H22N2O4S2. The third-order valence-electron chi connectivity index (χ3n) is 4.42. The Morgan fingerprint density at radius 2 is 1.73 bits per heavy atom. The minimum absolute atomic E-state index is 0.324. The number of nitrogens with one attached hydrogen (secondary N) is 2. The van der Waals surface area contributed by atoms with E-state index < -0.39 is 5.97 Å². The third-order valence-corrected chi connectivity index (χ3v) is 5.64. The first-order valence-corrected chi connectivity index (χ1v) is 10.3. The van der Waals surface area contributed by atoms with Crippen LogP contribution in [-0.2, 0) is 4.74 Å². The Labute approximate surface area is 184 Å². The minimum Gasteiger partial charge on any atom is -0.497 e. The van der Waals surface area contributed by atoms with Crippen LogP contribution in [0.3, 0.4) is 0 Å². The van der Waals surface area contributed by atoms with Crippen molar-refractivity contribution in [1.29, 1.82) is 0 Å². The lowest BCUT2D eigenvalue weighted by Crippen LogP contribution is -2.20. The number of thiophene rings is 1. The number of rotatable bonds is 6. The lowest BCUT2D eigenvalue weighted by molar-refractivity contribution is 0.0603. The van der Waals surface area contributed by atoms with Gasteiger partial charge in [-0.3, -0.25) is 0 Å². The number of carbonyl (C=O) groups is 1. The SMILES string of the molecule is COC(=O)c1c(NC(=S)Nc2ccc(OC)cc2OC)sc(C)c1-c1ccccc1. The molecule has 0 aliphatic heterocycles. The number of carbonyl (C=O) groups excluding carboxylic acids is 1. The molecule has 8 heteroatoms. The van der Waals surface area contributed by atoms with Crippen molar-refractivity contribution in [2.45, 2.75) is 6.92 Å². The highest BCUT2D eigenvalue weighted by atomic mass is 32.1. The van der Waals surface area contributed by atoms with Crippen LogP contribution in [0.25, 0.3) is 11.1 Å². The van der Waals surface area contributed by atoms with Crippen molar-refractivity contribution in [3.8, 4) is 22.6 Å². The van der Waals surface area contributed by atoms with Crippen LogP contribution in [0.15, 0.2) is 48.5 Å². The largest absolute Gasteiger partial charge is 0.497 e. The molecule has 0 radical (unpaired) electrons. The Balaban J connectivity index is 1.91. The topological polar surface area (TPSA) is 68.8 Å².